The Bertz CT molecular complexity index is 3470. The van der Waals surface area contributed by atoms with Crippen molar-refractivity contribution in [2.45, 2.75) is 44.9 Å². The summed E-state index contributed by atoms with van der Waals surface area (Å²) in [7, 11) is 0. The molecule has 0 bridgehead atoms. The zero-order chi connectivity index (χ0) is 41.7. The third-order valence-corrected chi connectivity index (χ3v) is 14.1. The van der Waals surface area contributed by atoms with Crippen LogP contribution in [0.2, 0.25) is 0 Å². The number of allylic oxidation sites excluding steroid dienone is 1. The lowest BCUT2D eigenvalue weighted by Gasteiger charge is -2.23. The van der Waals surface area contributed by atoms with Gasteiger partial charge in [-0.25, -0.2) is 0 Å². The molecule has 0 fully saturated rings. The van der Waals surface area contributed by atoms with Crippen LogP contribution in [0, 0.1) is 0 Å². The first-order chi connectivity index (χ1) is 30.2. The molecule has 10 aromatic rings. The fourth-order valence-electron chi connectivity index (χ4n) is 10.8. The fraction of sp³-hybridized carbons (Fsp3) is 0.115. The Hall–Kier alpha value is -7.22. The summed E-state index contributed by atoms with van der Waals surface area (Å²) in [5.74, 6) is 0. The Morgan fingerprint density at radius 2 is 0.968 bits per heavy atom. The predicted octanol–water partition coefficient (Wildman–Crippen LogP) is 16.5. The van der Waals surface area contributed by atoms with Gasteiger partial charge in [-0.3, -0.25) is 0 Å². The molecule has 12 rings (SSSR count). The summed E-state index contributed by atoms with van der Waals surface area (Å²) >= 11 is 0. The van der Waals surface area contributed by atoms with Crippen molar-refractivity contribution >= 4 is 44.4 Å². The van der Waals surface area contributed by atoms with Gasteiger partial charge in [-0.05, 0) is 131 Å². The topological polar surface area (TPSA) is 13.1 Å². The summed E-state index contributed by atoms with van der Waals surface area (Å²) in [6, 6.07) is 69.6. The van der Waals surface area contributed by atoms with E-state index in [0.29, 0.717) is 0 Å². The number of furan rings is 1. The average molecular weight is 795 g/mol. The molecule has 1 nitrogen and oxygen atoms in total. The minimum Gasteiger partial charge on any atom is -0.455 e. The molecule has 9 aromatic carbocycles. The van der Waals surface area contributed by atoms with Crippen LogP contribution in [0.1, 0.15) is 66.6 Å². The van der Waals surface area contributed by atoms with Crippen LogP contribution >= 0.6 is 0 Å². The third kappa shape index (κ3) is 5.61. The molecule has 0 radical (unpaired) electrons. The van der Waals surface area contributed by atoms with Gasteiger partial charge in [-0.15, -0.1) is 0 Å². The zero-order valence-electron chi connectivity index (χ0n) is 35.6. The smallest absolute Gasteiger partial charge is 0.143 e. The molecule has 1 aromatic heterocycles. The van der Waals surface area contributed by atoms with E-state index in [-0.39, 0.29) is 10.8 Å². The van der Waals surface area contributed by atoms with E-state index in [9.17, 15) is 0 Å². The molecule has 1 heterocycles. The molecule has 0 spiro atoms. The van der Waals surface area contributed by atoms with Crippen molar-refractivity contribution in [3.63, 3.8) is 0 Å². The van der Waals surface area contributed by atoms with Gasteiger partial charge in [0.15, 0.2) is 0 Å². The molecule has 0 N–H and O–H groups in total. The van der Waals surface area contributed by atoms with Crippen molar-refractivity contribution in [1.82, 2.24) is 0 Å². The van der Waals surface area contributed by atoms with E-state index >= 15 is 0 Å². The lowest BCUT2D eigenvalue weighted by atomic mass is 9.80. The quantitative estimate of drug-likeness (QED) is 0.153. The van der Waals surface area contributed by atoms with Gasteiger partial charge in [-0.1, -0.05) is 191 Å². The first kappa shape index (κ1) is 36.6. The Kier molecular flexibility index (Phi) is 8.06. The average Bonchev–Trinajstić information content (AvgIpc) is 3.88. The second-order valence-electron chi connectivity index (χ2n) is 18.5. The van der Waals surface area contributed by atoms with Crippen molar-refractivity contribution < 1.29 is 4.42 Å². The molecule has 296 valence electrons. The molecule has 0 saturated carbocycles. The van der Waals surface area contributed by atoms with E-state index in [0.717, 1.165) is 33.7 Å². The molecular formula is C61H46O. The number of hydrogen-bond acceptors (Lipinski definition) is 1. The second-order valence-corrected chi connectivity index (χ2v) is 18.5. The summed E-state index contributed by atoms with van der Waals surface area (Å²) in [6.07, 6.45) is 3.29. The van der Waals surface area contributed by atoms with Gasteiger partial charge in [0.1, 0.15) is 11.2 Å². The summed E-state index contributed by atoms with van der Waals surface area (Å²) in [6.45, 7) is 9.58. The predicted molar refractivity (Wildman–Crippen MR) is 262 cm³/mol. The molecule has 2 aliphatic carbocycles. The Morgan fingerprint density at radius 1 is 0.419 bits per heavy atom. The van der Waals surface area contributed by atoms with Gasteiger partial charge in [0.05, 0.1) is 0 Å². The van der Waals surface area contributed by atoms with Gasteiger partial charge >= 0.3 is 0 Å². The van der Waals surface area contributed by atoms with Gasteiger partial charge in [0.2, 0.25) is 0 Å². The number of hydrogen-bond donors (Lipinski definition) is 0. The molecule has 1 heteroatoms. The SMILES string of the molecule is CC1(C)c2cc(/C(=C\c3ccc4c(c3)C(C)(C)c3cc(-c5cc6c7ccccc7oc6c6ccccc56)ccc3-4)Cc3ccccc3)ccc2-c2ccc(-c3ccccc3)cc21. The standard InChI is InChI=1S/C61H46O/c1-60(2)54-33-39(23-27-46(54)49-30-26-43(36-57(49)60)52-37-53-50-20-13-14-22-58(50)62-59(53)51-21-12-11-19-45(51)52)32-44(31-38-15-7-5-8-16-38)42-25-29-48-47-28-24-41(40-17-9-6-10-18-40)34-55(47)61(3,4)56(48)35-42/h5-30,32-37H,31H2,1-4H3/b44-32-. The summed E-state index contributed by atoms with van der Waals surface area (Å²) in [4.78, 5) is 0. The maximum absolute atomic E-state index is 6.46. The van der Waals surface area contributed by atoms with Crippen LogP contribution < -0.4 is 0 Å². The van der Waals surface area contributed by atoms with Crippen LogP contribution in [-0.4, -0.2) is 0 Å². The molecule has 0 aliphatic heterocycles. The molecule has 0 amide bonds. The monoisotopic (exact) mass is 794 g/mol. The normalized spacial score (nSPS) is 14.5. The molecule has 0 unspecified atom stereocenters. The Morgan fingerprint density at radius 3 is 1.69 bits per heavy atom. The fourth-order valence-corrected chi connectivity index (χ4v) is 10.8. The highest BCUT2D eigenvalue weighted by Crippen LogP contribution is 2.53. The van der Waals surface area contributed by atoms with Crippen molar-refractivity contribution in [3.05, 3.63) is 227 Å². The minimum absolute atomic E-state index is 0.129. The van der Waals surface area contributed by atoms with Crippen molar-refractivity contribution in [2.75, 3.05) is 0 Å². The Balaban J connectivity index is 0.936. The van der Waals surface area contributed by atoms with Crippen molar-refractivity contribution in [2.24, 2.45) is 0 Å². The number of rotatable bonds is 6. The summed E-state index contributed by atoms with van der Waals surface area (Å²) < 4.78 is 6.46. The van der Waals surface area contributed by atoms with Crippen LogP contribution in [0.5, 0.6) is 0 Å². The summed E-state index contributed by atoms with van der Waals surface area (Å²) in [5, 5.41) is 4.67. The maximum Gasteiger partial charge on any atom is 0.143 e. The first-order valence-corrected chi connectivity index (χ1v) is 21.9. The van der Waals surface area contributed by atoms with Crippen LogP contribution in [0.15, 0.2) is 192 Å². The van der Waals surface area contributed by atoms with Crippen LogP contribution in [0.25, 0.3) is 88.9 Å². The van der Waals surface area contributed by atoms with Crippen LogP contribution in [0.3, 0.4) is 0 Å². The van der Waals surface area contributed by atoms with Crippen LogP contribution in [-0.2, 0) is 17.3 Å². The van der Waals surface area contributed by atoms with E-state index in [1.807, 2.05) is 6.07 Å². The van der Waals surface area contributed by atoms with Crippen molar-refractivity contribution in [3.8, 4) is 44.5 Å². The van der Waals surface area contributed by atoms with Crippen LogP contribution in [0.4, 0.5) is 0 Å². The van der Waals surface area contributed by atoms with Gasteiger partial charge in [0, 0.05) is 27.0 Å². The van der Waals surface area contributed by atoms with Crippen molar-refractivity contribution in [1.29, 1.82) is 0 Å². The molecule has 62 heavy (non-hydrogen) atoms. The summed E-state index contributed by atoms with van der Waals surface area (Å²) in [5.41, 5.74) is 22.6. The van der Waals surface area contributed by atoms with E-state index in [2.05, 4.69) is 216 Å². The largest absolute Gasteiger partial charge is 0.455 e. The minimum atomic E-state index is -0.186. The van der Waals surface area contributed by atoms with Gasteiger partial charge < -0.3 is 4.42 Å². The second kappa shape index (κ2) is 13.6. The Labute approximate surface area is 363 Å². The molecule has 2 aliphatic rings. The maximum atomic E-state index is 6.46. The number of para-hydroxylation sites is 1. The van der Waals surface area contributed by atoms with Gasteiger partial charge in [-0.2, -0.15) is 0 Å². The van der Waals surface area contributed by atoms with E-state index in [1.54, 1.807) is 0 Å². The van der Waals surface area contributed by atoms with Gasteiger partial charge in [0.25, 0.3) is 0 Å². The number of benzene rings is 9. The number of fused-ring (bicyclic) bond motifs is 11. The first-order valence-electron chi connectivity index (χ1n) is 21.9. The lowest BCUT2D eigenvalue weighted by Crippen LogP contribution is -2.15. The van der Waals surface area contributed by atoms with E-state index in [1.165, 1.54) is 94.4 Å². The molecule has 0 saturated heterocycles. The zero-order valence-corrected chi connectivity index (χ0v) is 35.6. The van der Waals surface area contributed by atoms with E-state index < -0.39 is 0 Å². The third-order valence-electron chi connectivity index (χ3n) is 14.1. The lowest BCUT2D eigenvalue weighted by molar-refractivity contribution is 0.660. The van der Waals surface area contributed by atoms with E-state index in [4.69, 9.17) is 4.42 Å². The molecular weight excluding hydrogens is 749 g/mol. The highest BCUT2D eigenvalue weighted by Gasteiger charge is 2.37. The highest BCUT2D eigenvalue weighted by atomic mass is 16.3. The molecule has 0 atom stereocenters. The highest BCUT2D eigenvalue weighted by molar-refractivity contribution is 6.19.